The Bertz CT molecular complexity index is 1190. The second kappa shape index (κ2) is 10.7. The number of rotatable bonds is 6. The summed E-state index contributed by atoms with van der Waals surface area (Å²) in [5.41, 5.74) is 1.61. The van der Waals surface area contributed by atoms with Crippen LogP contribution in [0.15, 0.2) is 35.7 Å². The van der Waals surface area contributed by atoms with Gasteiger partial charge < -0.3 is 14.5 Å². The van der Waals surface area contributed by atoms with Crippen LogP contribution in [-0.4, -0.2) is 66.3 Å². The maximum atomic E-state index is 13.6. The van der Waals surface area contributed by atoms with Gasteiger partial charge >= 0.3 is 5.97 Å². The number of hydrogen-bond acceptors (Lipinski definition) is 7. The number of fused-ring (bicyclic) bond motifs is 1. The minimum Gasteiger partial charge on any atom is -0.466 e. The Kier molecular flexibility index (Phi) is 7.33. The lowest BCUT2D eigenvalue weighted by Gasteiger charge is -2.38. The number of benzene rings is 1. The summed E-state index contributed by atoms with van der Waals surface area (Å²) in [6.45, 7) is 6.41. The van der Waals surface area contributed by atoms with Gasteiger partial charge in [-0.15, -0.1) is 11.3 Å². The molecule has 2 aromatic rings. The van der Waals surface area contributed by atoms with E-state index in [0.29, 0.717) is 50.2 Å². The van der Waals surface area contributed by atoms with Crippen LogP contribution in [0.3, 0.4) is 0 Å². The molecule has 4 heterocycles. The van der Waals surface area contributed by atoms with Crippen molar-refractivity contribution in [3.05, 3.63) is 51.7 Å². The highest BCUT2D eigenvalue weighted by atomic mass is 32.1. The molecule has 2 fully saturated rings. The molecule has 3 amide bonds. The van der Waals surface area contributed by atoms with Crippen LogP contribution in [0.4, 0.5) is 5.69 Å². The van der Waals surface area contributed by atoms with E-state index in [0.717, 1.165) is 30.0 Å². The van der Waals surface area contributed by atoms with Crippen LogP contribution in [0.1, 0.15) is 71.2 Å². The number of ether oxygens (including phenoxy) is 1. The Labute approximate surface area is 221 Å². The van der Waals surface area contributed by atoms with E-state index in [1.54, 1.807) is 13.0 Å². The molecule has 2 atom stereocenters. The first kappa shape index (κ1) is 25.4. The lowest BCUT2D eigenvalue weighted by Crippen LogP contribution is -2.48. The Morgan fingerprint density at radius 3 is 2.51 bits per heavy atom. The van der Waals surface area contributed by atoms with Gasteiger partial charge in [0.05, 0.1) is 41.3 Å². The summed E-state index contributed by atoms with van der Waals surface area (Å²) in [7, 11) is 0. The predicted molar refractivity (Wildman–Crippen MR) is 141 cm³/mol. The smallest absolute Gasteiger partial charge is 0.309 e. The van der Waals surface area contributed by atoms with Crippen LogP contribution < -0.4 is 4.90 Å². The number of amides is 3. The van der Waals surface area contributed by atoms with Gasteiger partial charge in [0.25, 0.3) is 11.8 Å². The van der Waals surface area contributed by atoms with E-state index in [2.05, 4.69) is 4.90 Å². The summed E-state index contributed by atoms with van der Waals surface area (Å²) < 4.78 is 5.15. The first-order valence-corrected chi connectivity index (χ1v) is 14.0. The van der Waals surface area contributed by atoms with E-state index in [1.807, 2.05) is 41.5 Å². The average molecular weight is 524 g/mol. The van der Waals surface area contributed by atoms with Crippen LogP contribution >= 0.6 is 11.3 Å². The number of piperidine rings is 2. The molecule has 8 nitrogen and oxygen atoms in total. The first-order valence-electron chi connectivity index (χ1n) is 13.1. The summed E-state index contributed by atoms with van der Waals surface area (Å²) in [5.74, 6) is -0.922. The van der Waals surface area contributed by atoms with Gasteiger partial charge in [0, 0.05) is 31.1 Å². The van der Waals surface area contributed by atoms with Crippen LogP contribution in [0.2, 0.25) is 0 Å². The molecule has 0 spiro atoms. The van der Waals surface area contributed by atoms with Crippen molar-refractivity contribution in [2.75, 3.05) is 37.7 Å². The van der Waals surface area contributed by atoms with E-state index in [4.69, 9.17) is 4.74 Å². The minimum absolute atomic E-state index is 0.106. The molecule has 1 aromatic heterocycles. The van der Waals surface area contributed by atoms with Crippen molar-refractivity contribution in [3.8, 4) is 0 Å². The fourth-order valence-electron chi connectivity index (χ4n) is 5.81. The Balaban J connectivity index is 1.30. The second-order valence-corrected chi connectivity index (χ2v) is 11.0. The van der Waals surface area contributed by atoms with Crippen molar-refractivity contribution in [1.82, 2.24) is 9.80 Å². The summed E-state index contributed by atoms with van der Waals surface area (Å²) in [4.78, 5) is 58.6. The van der Waals surface area contributed by atoms with Gasteiger partial charge in [0.1, 0.15) is 0 Å². The number of esters is 1. The number of nitrogens with zero attached hydrogens (tertiary/aromatic N) is 3. The largest absolute Gasteiger partial charge is 0.466 e. The molecular formula is C28H33N3O5S. The van der Waals surface area contributed by atoms with Crippen molar-refractivity contribution in [3.63, 3.8) is 0 Å². The molecule has 0 aliphatic carbocycles. The standard InChI is InChI=1S/C28H33N3O5S/c1-3-36-28(35)19-11-14-29(15-12-19)25(32)20-7-5-13-30(17-20)22-9-4-8-21-24(22)27(34)31(26(21)33)18(2)23-10-6-16-37-23/h4,6,8-10,16,18-20H,3,5,7,11-15,17H2,1-2H3/t18-,20-/m0/s1. The van der Waals surface area contributed by atoms with Crippen molar-refractivity contribution in [2.24, 2.45) is 11.8 Å². The summed E-state index contributed by atoms with van der Waals surface area (Å²) in [6, 6.07) is 8.96. The molecular weight excluding hydrogens is 490 g/mol. The fourth-order valence-corrected chi connectivity index (χ4v) is 6.58. The number of thiophene rings is 1. The number of hydrogen-bond donors (Lipinski definition) is 0. The van der Waals surface area contributed by atoms with Gasteiger partial charge in [-0.3, -0.25) is 24.1 Å². The minimum atomic E-state index is -0.339. The zero-order valence-electron chi connectivity index (χ0n) is 21.4. The summed E-state index contributed by atoms with van der Waals surface area (Å²) >= 11 is 1.53. The number of likely N-dealkylation sites (tertiary alicyclic amines) is 1. The molecule has 9 heteroatoms. The Hall–Kier alpha value is -3.20. The second-order valence-electron chi connectivity index (χ2n) is 10.0. The van der Waals surface area contributed by atoms with E-state index in [9.17, 15) is 19.2 Å². The number of anilines is 1. The highest BCUT2D eigenvalue weighted by molar-refractivity contribution is 7.10. The Morgan fingerprint density at radius 2 is 1.81 bits per heavy atom. The van der Waals surface area contributed by atoms with Crippen LogP contribution in [0, 0.1) is 11.8 Å². The van der Waals surface area contributed by atoms with E-state index in [1.165, 1.54) is 16.2 Å². The van der Waals surface area contributed by atoms with Gasteiger partial charge in [0.15, 0.2) is 0 Å². The van der Waals surface area contributed by atoms with E-state index < -0.39 is 0 Å². The molecule has 2 saturated heterocycles. The van der Waals surface area contributed by atoms with Crippen LogP contribution in [-0.2, 0) is 14.3 Å². The van der Waals surface area contributed by atoms with Crippen molar-refractivity contribution >= 4 is 40.7 Å². The molecule has 0 N–H and O–H groups in total. The number of carbonyl (C=O) groups excluding carboxylic acids is 4. The van der Waals surface area contributed by atoms with Gasteiger partial charge in [-0.25, -0.2) is 0 Å². The van der Waals surface area contributed by atoms with Crippen molar-refractivity contribution in [2.45, 2.75) is 45.6 Å². The average Bonchev–Trinajstić information content (AvgIpc) is 3.55. The van der Waals surface area contributed by atoms with Gasteiger partial charge in [-0.1, -0.05) is 12.1 Å². The third-order valence-electron chi connectivity index (χ3n) is 7.80. The lowest BCUT2D eigenvalue weighted by atomic mass is 9.92. The topological polar surface area (TPSA) is 87.2 Å². The lowest BCUT2D eigenvalue weighted by molar-refractivity contribution is -0.151. The quantitative estimate of drug-likeness (QED) is 0.418. The highest BCUT2D eigenvalue weighted by Gasteiger charge is 2.42. The number of imide groups is 1. The zero-order valence-corrected chi connectivity index (χ0v) is 22.2. The van der Waals surface area contributed by atoms with Crippen LogP contribution in [0.5, 0.6) is 0 Å². The van der Waals surface area contributed by atoms with Crippen molar-refractivity contribution in [1.29, 1.82) is 0 Å². The molecule has 0 bridgehead atoms. The first-order chi connectivity index (χ1) is 17.9. The fraction of sp³-hybridized carbons (Fsp3) is 0.500. The number of carbonyl (C=O) groups is 4. The maximum absolute atomic E-state index is 13.6. The molecule has 0 saturated carbocycles. The van der Waals surface area contributed by atoms with Gasteiger partial charge in [-0.2, -0.15) is 0 Å². The van der Waals surface area contributed by atoms with Crippen molar-refractivity contribution < 1.29 is 23.9 Å². The van der Waals surface area contributed by atoms with E-state index in [-0.39, 0.29) is 41.6 Å². The molecule has 3 aliphatic rings. The Morgan fingerprint density at radius 1 is 1.03 bits per heavy atom. The molecule has 0 unspecified atom stereocenters. The monoisotopic (exact) mass is 523 g/mol. The zero-order chi connectivity index (χ0) is 26.1. The predicted octanol–water partition coefficient (Wildman–Crippen LogP) is 4.12. The third-order valence-corrected chi connectivity index (χ3v) is 8.85. The third kappa shape index (κ3) is 4.77. The summed E-state index contributed by atoms with van der Waals surface area (Å²) in [5, 5.41) is 1.94. The van der Waals surface area contributed by atoms with Crippen LogP contribution in [0.25, 0.3) is 0 Å². The molecule has 37 heavy (non-hydrogen) atoms. The maximum Gasteiger partial charge on any atom is 0.309 e. The normalized spacial score (nSPS) is 21.2. The summed E-state index contributed by atoms with van der Waals surface area (Å²) in [6.07, 6.45) is 2.87. The SMILES string of the molecule is CCOC(=O)C1CCN(C(=O)[C@H]2CCCN(c3cccc4c3C(=O)N([C@@H](C)c3cccs3)C4=O)C2)CC1. The molecule has 5 rings (SSSR count). The van der Waals surface area contributed by atoms with Gasteiger partial charge in [0.2, 0.25) is 5.91 Å². The molecule has 1 aromatic carbocycles. The molecule has 196 valence electrons. The molecule has 3 aliphatic heterocycles. The van der Waals surface area contributed by atoms with E-state index >= 15 is 0 Å². The molecule has 0 radical (unpaired) electrons. The van der Waals surface area contributed by atoms with Gasteiger partial charge in [-0.05, 0) is 63.1 Å². The highest BCUT2D eigenvalue weighted by Crippen LogP contribution is 2.38.